The van der Waals surface area contributed by atoms with Gasteiger partial charge in [-0.2, -0.15) is 0 Å². The Morgan fingerprint density at radius 1 is 1.00 bits per heavy atom. The predicted molar refractivity (Wildman–Crippen MR) is 168 cm³/mol. The number of nitrogens with one attached hydrogen (secondary N) is 1. The number of carbonyl (C=O) groups excluding carboxylic acids is 1. The molecule has 1 aliphatic rings. The van der Waals surface area contributed by atoms with Crippen LogP contribution in [0.3, 0.4) is 0 Å². The lowest BCUT2D eigenvalue weighted by Crippen LogP contribution is -2.33. The number of nitrogens with zero attached hydrogens (tertiary/aromatic N) is 2. The zero-order valence-corrected chi connectivity index (χ0v) is 26.4. The van der Waals surface area contributed by atoms with Crippen molar-refractivity contribution in [2.24, 2.45) is 0 Å². The lowest BCUT2D eigenvalue weighted by atomic mass is 9.99. The molecule has 1 saturated heterocycles. The molecule has 1 amide bonds. The van der Waals surface area contributed by atoms with Gasteiger partial charge in [0.1, 0.15) is 5.01 Å². The van der Waals surface area contributed by atoms with Crippen LogP contribution in [0.1, 0.15) is 46.1 Å². The summed E-state index contributed by atoms with van der Waals surface area (Å²) in [5, 5.41) is 21.4. The SMILES string of the molecule is Cc1nnc(SCC2CC(c3ccc(CO)cc3)OC(c3cccc(-c4cccc(CNC(=O)C(Cl)(Cl)Cl)c4)c3)O2)s1. The number of alkyl halides is 3. The number of thioether (sulfide) groups is 1. The van der Waals surface area contributed by atoms with Crippen molar-refractivity contribution in [3.8, 4) is 11.1 Å². The number of benzene rings is 3. The lowest BCUT2D eigenvalue weighted by Gasteiger charge is -2.36. The van der Waals surface area contributed by atoms with E-state index >= 15 is 0 Å². The van der Waals surface area contributed by atoms with Crippen LogP contribution in [0.4, 0.5) is 0 Å². The number of aliphatic hydroxyl groups is 1. The van der Waals surface area contributed by atoms with Crippen LogP contribution < -0.4 is 5.32 Å². The van der Waals surface area contributed by atoms with E-state index in [0.29, 0.717) is 12.2 Å². The summed E-state index contributed by atoms with van der Waals surface area (Å²) in [5.41, 5.74) is 5.56. The van der Waals surface area contributed by atoms with E-state index in [9.17, 15) is 9.90 Å². The molecule has 0 radical (unpaired) electrons. The highest BCUT2D eigenvalue weighted by Gasteiger charge is 2.33. The van der Waals surface area contributed by atoms with Crippen molar-refractivity contribution in [2.75, 3.05) is 5.75 Å². The molecule has 0 aliphatic carbocycles. The fraction of sp³-hybridized carbons (Fsp3) is 0.300. The number of hydrogen-bond donors (Lipinski definition) is 2. The molecule has 12 heteroatoms. The van der Waals surface area contributed by atoms with Gasteiger partial charge in [-0.15, -0.1) is 10.2 Å². The monoisotopic (exact) mass is 663 g/mol. The van der Waals surface area contributed by atoms with Gasteiger partial charge in [-0.1, -0.05) is 119 Å². The summed E-state index contributed by atoms with van der Waals surface area (Å²) in [6.45, 7) is 2.15. The Kier molecular flexibility index (Phi) is 10.4. The van der Waals surface area contributed by atoms with Gasteiger partial charge >= 0.3 is 0 Å². The molecule has 4 aromatic rings. The fourth-order valence-electron chi connectivity index (χ4n) is 4.53. The molecular formula is C30H28Cl3N3O4S2. The molecular weight excluding hydrogens is 637 g/mol. The molecule has 1 aromatic heterocycles. The Bertz CT molecular complexity index is 1510. The summed E-state index contributed by atoms with van der Waals surface area (Å²) in [4.78, 5) is 12.0. The van der Waals surface area contributed by atoms with Crippen molar-refractivity contribution in [3.05, 3.63) is 100 Å². The van der Waals surface area contributed by atoms with Crippen molar-refractivity contribution in [2.45, 2.75) is 53.1 Å². The summed E-state index contributed by atoms with van der Waals surface area (Å²) in [7, 11) is 0. The smallest absolute Gasteiger partial charge is 0.272 e. The maximum Gasteiger partial charge on any atom is 0.272 e. The van der Waals surface area contributed by atoms with Crippen molar-refractivity contribution in [1.82, 2.24) is 15.5 Å². The highest BCUT2D eigenvalue weighted by Crippen LogP contribution is 2.40. The van der Waals surface area contributed by atoms with Gasteiger partial charge in [-0.3, -0.25) is 4.79 Å². The molecule has 42 heavy (non-hydrogen) atoms. The third kappa shape index (κ3) is 8.24. The minimum atomic E-state index is -2.02. The van der Waals surface area contributed by atoms with Crippen molar-refractivity contribution < 1.29 is 19.4 Å². The van der Waals surface area contributed by atoms with Crippen molar-refractivity contribution >= 4 is 63.8 Å². The zero-order valence-electron chi connectivity index (χ0n) is 22.5. The van der Waals surface area contributed by atoms with Crippen LogP contribution in [0.15, 0.2) is 77.1 Å². The van der Waals surface area contributed by atoms with E-state index in [1.165, 1.54) is 0 Å². The third-order valence-corrected chi connectivity index (χ3v) is 9.26. The van der Waals surface area contributed by atoms with Crippen LogP contribution in [-0.2, 0) is 27.4 Å². The number of amides is 1. The summed E-state index contributed by atoms with van der Waals surface area (Å²) in [6.07, 6.45) is -0.183. The molecule has 0 bridgehead atoms. The van der Waals surface area contributed by atoms with Crippen molar-refractivity contribution in [3.63, 3.8) is 0 Å². The molecule has 3 unspecified atom stereocenters. The van der Waals surface area contributed by atoms with Gasteiger partial charge in [0, 0.05) is 24.3 Å². The quantitative estimate of drug-likeness (QED) is 0.143. The van der Waals surface area contributed by atoms with E-state index in [4.69, 9.17) is 44.3 Å². The van der Waals surface area contributed by atoms with E-state index in [-0.39, 0.29) is 25.4 Å². The molecule has 5 rings (SSSR count). The van der Waals surface area contributed by atoms with E-state index in [2.05, 4.69) is 21.6 Å². The standard InChI is InChI=1S/C30H28Cl3N3O4S2/c1-18-35-36-29(42-18)41-17-25-14-26(21-10-8-19(16-37)9-11-21)40-27(39-25)24-7-3-6-23(13-24)22-5-2-4-20(12-22)15-34-28(38)30(31,32)33/h2-13,25-27,37H,14-17H2,1H3,(H,34,38). The Labute approximate surface area is 267 Å². The van der Waals surface area contributed by atoms with Crippen LogP contribution in [0.5, 0.6) is 0 Å². The number of aromatic nitrogens is 2. The maximum absolute atomic E-state index is 12.0. The van der Waals surface area contributed by atoms with Crippen molar-refractivity contribution in [1.29, 1.82) is 0 Å². The van der Waals surface area contributed by atoms with Gasteiger partial charge in [-0.25, -0.2) is 0 Å². The average Bonchev–Trinajstić information content (AvgIpc) is 3.43. The Balaban J connectivity index is 1.35. The van der Waals surface area contributed by atoms with E-state index in [1.54, 1.807) is 23.1 Å². The summed E-state index contributed by atoms with van der Waals surface area (Å²) < 4.78 is 11.9. The second-order valence-corrected chi connectivity index (χ2v) is 14.5. The first kappa shape index (κ1) is 31.2. The largest absolute Gasteiger partial charge is 0.392 e. The van der Waals surface area contributed by atoms with Gasteiger partial charge in [0.05, 0.1) is 18.8 Å². The number of hydrogen-bond acceptors (Lipinski definition) is 8. The van der Waals surface area contributed by atoms with Crippen LogP contribution >= 0.6 is 57.9 Å². The number of rotatable bonds is 9. The molecule has 1 aliphatic heterocycles. The van der Waals surface area contributed by atoms with Gasteiger partial charge in [0.2, 0.25) is 0 Å². The van der Waals surface area contributed by atoms with E-state index in [1.807, 2.05) is 73.7 Å². The van der Waals surface area contributed by atoms with Crippen LogP contribution in [0.2, 0.25) is 0 Å². The molecule has 0 spiro atoms. The minimum Gasteiger partial charge on any atom is -0.392 e. The van der Waals surface area contributed by atoms with Gasteiger partial charge in [0.15, 0.2) is 10.6 Å². The average molecular weight is 665 g/mol. The molecule has 1 fully saturated rings. The van der Waals surface area contributed by atoms with Gasteiger partial charge in [-0.05, 0) is 46.9 Å². The lowest BCUT2D eigenvalue weighted by molar-refractivity contribution is -0.245. The molecule has 2 N–H and O–H groups in total. The fourth-order valence-corrected chi connectivity index (χ4v) is 6.59. The highest BCUT2D eigenvalue weighted by atomic mass is 35.6. The molecule has 3 atom stereocenters. The zero-order chi connectivity index (χ0) is 29.7. The Morgan fingerprint density at radius 2 is 1.74 bits per heavy atom. The maximum atomic E-state index is 12.0. The molecule has 3 aromatic carbocycles. The first-order valence-electron chi connectivity index (χ1n) is 13.2. The minimum absolute atomic E-state index is 0.00859. The number of aryl methyl sites for hydroxylation is 1. The number of ether oxygens (including phenoxy) is 2. The summed E-state index contributed by atoms with van der Waals surface area (Å²) >= 11 is 20.2. The van der Waals surface area contributed by atoms with E-state index < -0.39 is 16.0 Å². The third-order valence-electron chi connectivity index (χ3n) is 6.64. The second-order valence-electron chi connectivity index (χ2n) is 9.75. The van der Waals surface area contributed by atoms with Crippen LogP contribution in [-0.4, -0.2) is 36.9 Å². The Morgan fingerprint density at radius 3 is 2.43 bits per heavy atom. The number of aliphatic hydroxyl groups excluding tert-OH is 1. The second kappa shape index (κ2) is 14.1. The first-order chi connectivity index (χ1) is 20.2. The van der Waals surface area contributed by atoms with Gasteiger partial charge in [0.25, 0.3) is 9.70 Å². The van der Waals surface area contributed by atoms with Crippen LogP contribution in [0.25, 0.3) is 11.1 Å². The Hall–Kier alpha value is -2.21. The number of carbonyl (C=O) groups is 1. The first-order valence-corrected chi connectivity index (χ1v) is 16.1. The number of halogens is 3. The summed E-state index contributed by atoms with van der Waals surface area (Å²) in [6, 6.07) is 23.7. The molecule has 0 saturated carbocycles. The highest BCUT2D eigenvalue weighted by molar-refractivity contribution is 8.01. The molecule has 7 nitrogen and oxygen atoms in total. The predicted octanol–water partition coefficient (Wildman–Crippen LogP) is 7.33. The summed E-state index contributed by atoms with van der Waals surface area (Å²) in [5.74, 6) is 0.0301. The molecule has 220 valence electrons. The molecule has 2 heterocycles. The normalized spacial score (nSPS) is 19.0. The topological polar surface area (TPSA) is 93.6 Å². The van der Waals surface area contributed by atoms with Gasteiger partial charge < -0.3 is 19.9 Å². The van der Waals surface area contributed by atoms with E-state index in [0.717, 1.165) is 42.7 Å². The van der Waals surface area contributed by atoms with Crippen LogP contribution in [0, 0.1) is 6.92 Å².